The summed E-state index contributed by atoms with van der Waals surface area (Å²) in [5.74, 6) is 1.88. The van der Waals surface area contributed by atoms with Crippen LogP contribution in [0.15, 0.2) is 30.5 Å². The molecule has 0 aliphatic carbocycles. The maximum atomic E-state index is 12.9. The van der Waals surface area contributed by atoms with Gasteiger partial charge in [-0.1, -0.05) is 44.9 Å². The lowest BCUT2D eigenvalue weighted by Gasteiger charge is -2.41. The number of aromatic nitrogens is 1. The van der Waals surface area contributed by atoms with Gasteiger partial charge in [0.2, 0.25) is 5.60 Å². The van der Waals surface area contributed by atoms with Crippen LogP contribution in [0.25, 0.3) is 10.9 Å². The lowest BCUT2D eigenvalue weighted by molar-refractivity contribution is -0.151. The number of hydrogen-bond acceptors (Lipinski definition) is 3. The third-order valence-electron chi connectivity index (χ3n) is 4.32. The van der Waals surface area contributed by atoms with E-state index in [0.29, 0.717) is 0 Å². The molecule has 0 aliphatic heterocycles. The second-order valence-electron chi connectivity index (χ2n) is 6.92. The van der Waals surface area contributed by atoms with Gasteiger partial charge in [-0.25, -0.2) is 4.79 Å². The first kappa shape index (κ1) is 18.4. The summed E-state index contributed by atoms with van der Waals surface area (Å²) in [6.45, 7) is 5.49. The lowest BCUT2D eigenvalue weighted by atomic mass is 9.72. The number of rotatable bonds is 5. The van der Waals surface area contributed by atoms with Gasteiger partial charge in [0, 0.05) is 28.9 Å². The molecule has 1 unspecified atom stereocenters. The molecule has 1 heterocycles. The molecule has 2 rings (SSSR count). The fraction of sp³-hybridized carbons (Fsp3) is 0.368. The highest BCUT2D eigenvalue weighted by Crippen LogP contribution is 2.38. The van der Waals surface area contributed by atoms with Crippen molar-refractivity contribution in [2.45, 2.75) is 32.8 Å². The summed E-state index contributed by atoms with van der Waals surface area (Å²) < 4.78 is 5.43. The number of nitrogens with one attached hydrogen (secondary N) is 2. The van der Waals surface area contributed by atoms with Crippen molar-refractivity contribution in [3.63, 3.8) is 0 Å². The molecule has 2 amide bonds. The molecule has 1 atom stereocenters. The van der Waals surface area contributed by atoms with E-state index in [1.807, 2.05) is 51.2 Å². The molecule has 0 aliphatic rings. The summed E-state index contributed by atoms with van der Waals surface area (Å²) in [5, 5.41) is 3.58. The van der Waals surface area contributed by atoms with Crippen molar-refractivity contribution < 1.29 is 14.3 Å². The molecule has 132 valence electrons. The Kier molecular flexibility index (Phi) is 5.07. The molecular weight excluding hydrogens is 318 g/mol. The monoisotopic (exact) mass is 341 g/mol. The van der Waals surface area contributed by atoms with Gasteiger partial charge in [0.25, 0.3) is 5.91 Å². The van der Waals surface area contributed by atoms with Gasteiger partial charge in [0.1, 0.15) is 0 Å². The van der Waals surface area contributed by atoms with Crippen molar-refractivity contribution in [1.82, 2.24) is 10.3 Å². The quantitative estimate of drug-likeness (QED) is 0.728. The number of amides is 2. The van der Waals surface area contributed by atoms with Crippen molar-refractivity contribution in [2.24, 2.45) is 11.1 Å². The average Bonchev–Trinajstić information content (AvgIpc) is 2.93. The topological polar surface area (TPSA) is 97.2 Å². The summed E-state index contributed by atoms with van der Waals surface area (Å²) >= 11 is 0. The maximum Gasteiger partial charge on any atom is 0.405 e. The molecule has 6 nitrogen and oxygen atoms in total. The Morgan fingerprint density at radius 1 is 1.32 bits per heavy atom. The number of para-hydroxylation sites is 1. The molecule has 25 heavy (non-hydrogen) atoms. The Balaban J connectivity index is 2.54. The van der Waals surface area contributed by atoms with Crippen molar-refractivity contribution >= 4 is 22.9 Å². The van der Waals surface area contributed by atoms with Gasteiger partial charge >= 0.3 is 6.09 Å². The van der Waals surface area contributed by atoms with Gasteiger partial charge in [-0.05, 0) is 11.6 Å². The Morgan fingerprint density at radius 3 is 2.60 bits per heavy atom. The number of nitrogens with two attached hydrogens (primary N) is 1. The molecule has 4 N–H and O–H groups in total. The molecule has 0 radical (unpaired) electrons. The Bertz CT molecular complexity index is 826. The van der Waals surface area contributed by atoms with E-state index in [-0.39, 0.29) is 13.0 Å². The van der Waals surface area contributed by atoms with Crippen LogP contribution in [0.5, 0.6) is 0 Å². The Labute approximate surface area is 147 Å². The third-order valence-corrected chi connectivity index (χ3v) is 4.32. The lowest BCUT2D eigenvalue weighted by Crippen LogP contribution is -2.60. The van der Waals surface area contributed by atoms with Gasteiger partial charge in [0.15, 0.2) is 0 Å². The minimum Gasteiger partial charge on any atom is -0.432 e. The number of ether oxygens (including phenoxy) is 1. The highest BCUT2D eigenvalue weighted by Gasteiger charge is 2.52. The van der Waals surface area contributed by atoms with E-state index in [9.17, 15) is 9.59 Å². The normalized spacial score (nSPS) is 13.7. The molecule has 0 spiro atoms. The van der Waals surface area contributed by atoms with E-state index in [1.165, 1.54) is 0 Å². The van der Waals surface area contributed by atoms with E-state index in [0.717, 1.165) is 16.5 Å². The molecule has 2 aromatic rings. The van der Waals surface area contributed by atoms with Crippen molar-refractivity contribution in [3.05, 3.63) is 36.0 Å². The predicted octanol–water partition coefficient (Wildman–Crippen LogP) is 2.34. The zero-order chi connectivity index (χ0) is 18.7. The predicted molar refractivity (Wildman–Crippen MR) is 96.7 cm³/mol. The number of hydrogen-bond donors (Lipinski definition) is 3. The van der Waals surface area contributed by atoms with Crippen LogP contribution in [0.1, 0.15) is 26.3 Å². The number of carbonyl (C=O) groups excluding carboxylic acids is 2. The Morgan fingerprint density at radius 2 is 2.00 bits per heavy atom. The van der Waals surface area contributed by atoms with E-state index in [2.05, 4.69) is 16.2 Å². The van der Waals surface area contributed by atoms with Crippen molar-refractivity contribution in [3.8, 4) is 12.3 Å². The number of H-pyrrole nitrogens is 1. The van der Waals surface area contributed by atoms with Crippen molar-refractivity contribution in [2.75, 3.05) is 6.54 Å². The first-order chi connectivity index (χ1) is 11.7. The van der Waals surface area contributed by atoms with Gasteiger partial charge in [-0.3, -0.25) is 4.79 Å². The van der Waals surface area contributed by atoms with Crippen LogP contribution in [0.3, 0.4) is 0 Å². The molecule has 0 saturated heterocycles. The molecule has 6 heteroatoms. The summed E-state index contributed by atoms with van der Waals surface area (Å²) in [6, 6.07) is 7.70. The fourth-order valence-corrected chi connectivity index (χ4v) is 2.91. The number of fused-ring (bicyclic) bond motifs is 1. The summed E-state index contributed by atoms with van der Waals surface area (Å²) in [7, 11) is 0. The smallest absolute Gasteiger partial charge is 0.405 e. The van der Waals surface area contributed by atoms with Crippen LogP contribution in [-0.2, 0) is 16.0 Å². The van der Waals surface area contributed by atoms with Crippen LogP contribution >= 0.6 is 0 Å². The number of aromatic amines is 1. The zero-order valence-corrected chi connectivity index (χ0v) is 14.7. The third kappa shape index (κ3) is 3.61. The van der Waals surface area contributed by atoms with Crippen LogP contribution < -0.4 is 11.1 Å². The Hall–Kier alpha value is -2.94. The van der Waals surface area contributed by atoms with E-state index in [1.54, 1.807) is 0 Å². The number of carbonyl (C=O) groups is 2. The summed E-state index contributed by atoms with van der Waals surface area (Å²) in [6.07, 6.45) is 6.21. The van der Waals surface area contributed by atoms with Gasteiger partial charge in [0.05, 0.1) is 6.54 Å². The van der Waals surface area contributed by atoms with E-state index >= 15 is 0 Å². The fourth-order valence-electron chi connectivity index (χ4n) is 2.91. The molecule has 1 aromatic heterocycles. The van der Waals surface area contributed by atoms with Gasteiger partial charge in [-0.15, -0.1) is 6.42 Å². The van der Waals surface area contributed by atoms with Crippen LogP contribution in [0.4, 0.5) is 4.79 Å². The zero-order valence-electron chi connectivity index (χ0n) is 14.7. The molecule has 0 bridgehead atoms. The molecule has 0 fully saturated rings. The summed E-state index contributed by atoms with van der Waals surface area (Å²) in [5.41, 5.74) is 4.85. The molecule has 0 saturated carbocycles. The van der Waals surface area contributed by atoms with Crippen LogP contribution in [-0.4, -0.2) is 29.1 Å². The van der Waals surface area contributed by atoms with E-state index in [4.69, 9.17) is 16.9 Å². The van der Waals surface area contributed by atoms with E-state index < -0.39 is 23.0 Å². The molecular formula is C19H23N3O3. The number of terminal acetylenes is 1. The number of primary amides is 1. The largest absolute Gasteiger partial charge is 0.432 e. The second kappa shape index (κ2) is 6.89. The van der Waals surface area contributed by atoms with Gasteiger partial charge < -0.3 is 20.8 Å². The average molecular weight is 341 g/mol. The van der Waals surface area contributed by atoms with Crippen molar-refractivity contribution in [1.29, 1.82) is 0 Å². The highest BCUT2D eigenvalue weighted by molar-refractivity contribution is 5.90. The SMILES string of the molecule is C#CCNC(=O)C(Cc1c[nH]c2ccccc12)(OC(N)=O)C(C)(C)C. The molecule has 1 aromatic carbocycles. The first-order valence-electron chi connectivity index (χ1n) is 7.96. The van der Waals surface area contributed by atoms with Crippen LogP contribution in [0.2, 0.25) is 0 Å². The maximum absolute atomic E-state index is 12.9. The second-order valence-corrected chi connectivity index (χ2v) is 6.92. The number of benzene rings is 1. The first-order valence-corrected chi connectivity index (χ1v) is 7.96. The minimum atomic E-state index is -1.50. The minimum absolute atomic E-state index is 0.0344. The van der Waals surface area contributed by atoms with Gasteiger partial charge in [-0.2, -0.15) is 0 Å². The highest BCUT2D eigenvalue weighted by atomic mass is 16.6. The standard InChI is InChI=1S/C19H23N3O3/c1-5-10-21-16(23)19(18(2,3)4,25-17(20)24)11-13-12-22-15-9-7-6-8-14(13)15/h1,6-9,12,22H,10-11H2,2-4H3,(H2,20,24)(H,21,23). The van der Waals surface area contributed by atoms with Crippen LogP contribution in [0, 0.1) is 17.8 Å². The summed E-state index contributed by atoms with van der Waals surface area (Å²) in [4.78, 5) is 27.7.